The molecule has 1 atom stereocenters. The summed E-state index contributed by atoms with van der Waals surface area (Å²) in [6.07, 6.45) is 0.788. The molecule has 0 radical (unpaired) electrons. The summed E-state index contributed by atoms with van der Waals surface area (Å²) < 4.78 is 5.38. The van der Waals surface area contributed by atoms with Gasteiger partial charge in [-0.3, -0.25) is 0 Å². The van der Waals surface area contributed by atoms with Crippen LogP contribution in [0.15, 0.2) is 6.07 Å². The van der Waals surface area contributed by atoms with Gasteiger partial charge in [0.1, 0.15) is 17.5 Å². The molecule has 1 fully saturated rings. The molecule has 1 aliphatic rings. The molecule has 1 aliphatic heterocycles. The van der Waals surface area contributed by atoms with Crippen molar-refractivity contribution in [1.82, 2.24) is 9.97 Å². The highest BCUT2D eigenvalue weighted by atomic mass is 16.5. The van der Waals surface area contributed by atoms with E-state index in [4.69, 9.17) is 4.74 Å². The maximum atomic E-state index is 9.40. The van der Waals surface area contributed by atoms with Crippen LogP contribution >= 0.6 is 0 Å². The Kier molecular flexibility index (Phi) is 4.33. The second kappa shape index (κ2) is 5.97. The normalized spacial score (nSPS) is 19.9. The maximum absolute atomic E-state index is 9.40. The Labute approximate surface area is 107 Å². The van der Waals surface area contributed by atoms with Crippen LogP contribution in [0.25, 0.3) is 0 Å². The van der Waals surface area contributed by atoms with E-state index in [1.54, 1.807) is 0 Å². The van der Waals surface area contributed by atoms with E-state index in [0.29, 0.717) is 13.2 Å². The van der Waals surface area contributed by atoms with Crippen molar-refractivity contribution in [3.05, 3.63) is 11.9 Å². The molecule has 6 heteroatoms. The first-order valence-electron chi connectivity index (χ1n) is 6.29. The molecule has 1 saturated heterocycles. The van der Waals surface area contributed by atoms with E-state index in [9.17, 15) is 5.11 Å². The second-order valence-electron chi connectivity index (χ2n) is 4.24. The standard InChI is InChI=1S/C12H20N4O2/c1-3-10-14-11(13-2)6-12(15-10)16-4-5-18-8-9(16)7-17/h6,9,17H,3-5,7-8H2,1-2H3,(H,13,14,15). The third-order valence-electron chi connectivity index (χ3n) is 3.06. The number of hydrogen-bond donors (Lipinski definition) is 2. The van der Waals surface area contributed by atoms with E-state index in [1.165, 1.54) is 0 Å². The Bertz CT molecular complexity index is 377. The molecule has 1 aromatic heterocycles. The summed E-state index contributed by atoms with van der Waals surface area (Å²) in [7, 11) is 1.84. The van der Waals surface area contributed by atoms with Crippen molar-refractivity contribution in [2.45, 2.75) is 19.4 Å². The van der Waals surface area contributed by atoms with Gasteiger partial charge in [0.2, 0.25) is 0 Å². The van der Waals surface area contributed by atoms with Crippen molar-refractivity contribution in [3.63, 3.8) is 0 Å². The van der Waals surface area contributed by atoms with Gasteiger partial charge in [-0.1, -0.05) is 6.92 Å². The predicted molar refractivity (Wildman–Crippen MR) is 70.0 cm³/mol. The fourth-order valence-electron chi connectivity index (χ4n) is 2.02. The van der Waals surface area contributed by atoms with Crippen LogP contribution in [0.1, 0.15) is 12.7 Å². The number of rotatable bonds is 4. The number of hydrogen-bond acceptors (Lipinski definition) is 6. The number of aromatic nitrogens is 2. The molecule has 1 aromatic rings. The summed E-state index contributed by atoms with van der Waals surface area (Å²) >= 11 is 0. The molecule has 0 amide bonds. The lowest BCUT2D eigenvalue weighted by atomic mass is 10.2. The molecule has 0 aliphatic carbocycles. The summed E-state index contributed by atoms with van der Waals surface area (Å²) in [5.74, 6) is 2.47. The van der Waals surface area contributed by atoms with E-state index >= 15 is 0 Å². The second-order valence-corrected chi connectivity index (χ2v) is 4.24. The fraction of sp³-hybridized carbons (Fsp3) is 0.667. The van der Waals surface area contributed by atoms with Gasteiger partial charge in [-0.2, -0.15) is 0 Å². The predicted octanol–water partition coefficient (Wildman–Crippen LogP) is 0.278. The van der Waals surface area contributed by atoms with Crippen molar-refractivity contribution in [2.24, 2.45) is 0 Å². The lowest BCUT2D eigenvalue weighted by molar-refractivity contribution is 0.0722. The van der Waals surface area contributed by atoms with Crippen LogP contribution < -0.4 is 10.2 Å². The monoisotopic (exact) mass is 252 g/mol. The van der Waals surface area contributed by atoms with Gasteiger partial charge in [-0.05, 0) is 0 Å². The summed E-state index contributed by atoms with van der Waals surface area (Å²) in [6.45, 7) is 4.05. The van der Waals surface area contributed by atoms with Crippen molar-refractivity contribution in [3.8, 4) is 0 Å². The van der Waals surface area contributed by atoms with Gasteiger partial charge >= 0.3 is 0 Å². The first-order valence-corrected chi connectivity index (χ1v) is 6.29. The molecule has 0 spiro atoms. The average molecular weight is 252 g/mol. The molecule has 0 aromatic carbocycles. The molecule has 2 N–H and O–H groups in total. The van der Waals surface area contributed by atoms with Gasteiger partial charge in [0.15, 0.2) is 0 Å². The largest absolute Gasteiger partial charge is 0.394 e. The van der Waals surface area contributed by atoms with Crippen LogP contribution in [0, 0.1) is 0 Å². The van der Waals surface area contributed by atoms with Crippen LogP contribution in [0.3, 0.4) is 0 Å². The quantitative estimate of drug-likeness (QED) is 0.802. The topological polar surface area (TPSA) is 70.5 Å². The Hall–Kier alpha value is -1.40. The average Bonchev–Trinajstić information content (AvgIpc) is 2.46. The SMILES string of the molecule is CCc1nc(NC)cc(N2CCOCC2CO)n1. The minimum absolute atomic E-state index is 0.0249. The fourth-order valence-corrected chi connectivity index (χ4v) is 2.02. The lowest BCUT2D eigenvalue weighted by Crippen LogP contribution is -2.48. The summed E-state index contributed by atoms with van der Waals surface area (Å²) in [5.41, 5.74) is 0. The number of morpholine rings is 1. The summed E-state index contributed by atoms with van der Waals surface area (Å²) in [4.78, 5) is 11.0. The van der Waals surface area contributed by atoms with Crippen LogP contribution in [0.2, 0.25) is 0 Å². The van der Waals surface area contributed by atoms with Gasteiger partial charge < -0.3 is 20.1 Å². The molecule has 2 heterocycles. The van der Waals surface area contributed by atoms with Crippen molar-refractivity contribution < 1.29 is 9.84 Å². The van der Waals surface area contributed by atoms with Crippen molar-refractivity contribution >= 4 is 11.6 Å². The van der Waals surface area contributed by atoms with Gasteiger partial charge in [-0.15, -0.1) is 0 Å². The first kappa shape index (κ1) is 13.0. The molecule has 6 nitrogen and oxygen atoms in total. The Morgan fingerprint density at radius 3 is 3.06 bits per heavy atom. The molecule has 0 bridgehead atoms. The van der Waals surface area contributed by atoms with E-state index in [1.807, 2.05) is 20.0 Å². The molecule has 100 valence electrons. The number of nitrogens with one attached hydrogen (secondary N) is 1. The summed E-state index contributed by atoms with van der Waals surface area (Å²) in [6, 6.07) is 1.88. The number of aliphatic hydroxyl groups excluding tert-OH is 1. The van der Waals surface area contributed by atoms with Gasteiger partial charge in [0, 0.05) is 26.1 Å². The van der Waals surface area contributed by atoms with Gasteiger partial charge in [0.05, 0.1) is 25.9 Å². The first-order chi connectivity index (χ1) is 8.78. The zero-order valence-electron chi connectivity index (χ0n) is 10.9. The molecular formula is C12H20N4O2. The van der Waals surface area contributed by atoms with Crippen LogP contribution in [0.4, 0.5) is 11.6 Å². The zero-order chi connectivity index (χ0) is 13.0. The zero-order valence-corrected chi connectivity index (χ0v) is 10.9. The Morgan fingerprint density at radius 1 is 1.56 bits per heavy atom. The van der Waals surface area contributed by atoms with Gasteiger partial charge in [-0.25, -0.2) is 9.97 Å². The smallest absolute Gasteiger partial charge is 0.134 e. The van der Waals surface area contributed by atoms with E-state index in [-0.39, 0.29) is 12.6 Å². The highest BCUT2D eigenvalue weighted by Crippen LogP contribution is 2.20. The number of aliphatic hydroxyl groups is 1. The summed E-state index contributed by atoms with van der Waals surface area (Å²) in [5, 5.41) is 12.4. The van der Waals surface area contributed by atoms with Crippen LogP contribution in [-0.2, 0) is 11.2 Å². The van der Waals surface area contributed by atoms with Crippen molar-refractivity contribution in [2.75, 3.05) is 43.6 Å². The van der Waals surface area contributed by atoms with Crippen LogP contribution in [0.5, 0.6) is 0 Å². The van der Waals surface area contributed by atoms with Crippen LogP contribution in [-0.4, -0.2) is 54.5 Å². The number of nitrogens with zero attached hydrogens (tertiary/aromatic N) is 3. The highest BCUT2D eigenvalue weighted by molar-refractivity contribution is 5.50. The Morgan fingerprint density at radius 2 is 2.39 bits per heavy atom. The molecule has 1 unspecified atom stereocenters. The minimum Gasteiger partial charge on any atom is -0.394 e. The third kappa shape index (κ3) is 2.70. The third-order valence-corrected chi connectivity index (χ3v) is 3.06. The van der Waals surface area contributed by atoms with E-state index in [2.05, 4.69) is 20.2 Å². The molecule has 18 heavy (non-hydrogen) atoms. The lowest BCUT2D eigenvalue weighted by Gasteiger charge is -2.35. The molecule has 0 saturated carbocycles. The number of anilines is 2. The van der Waals surface area contributed by atoms with E-state index in [0.717, 1.165) is 30.4 Å². The maximum Gasteiger partial charge on any atom is 0.134 e. The van der Waals surface area contributed by atoms with Gasteiger partial charge in [0.25, 0.3) is 0 Å². The highest BCUT2D eigenvalue weighted by Gasteiger charge is 2.24. The Balaban J connectivity index is 2.29. The molecular weight excluding hydrogens is 232 g/mol. The molecule has 2 rings (SSSR count). The van der Waals surface area contributed by atoms with E-state index < -0.39 is 0 Å². The minimum atomic E-state index is -0.0249. The number of aryl methyl sites for hydroxylation is 1. The van der Waals surface area contributed by atoms with Crippen molar-refractivity contribution in [1.29, 1.82) is 0 Å². The number of ether oxygens (including phenoxy) is 1.